The number of nitrogens with one attached hydrogen (secondary N) is 1. The van der Waals surface area contributed by atoms with Crippen LogP contribution in [0.3, 0.4) is 0 Å². The highest BCUT2D eigenvalue weighted by Gasteiger charge is 2.41. The molecule has 30 heavy (non-hydrogen) atoms. The first-order valence-corrected chi connectivity index (χ1v) is 9.81. The summed E-state index contributed by atoms with van der Waals surface area (Å²) >= 11 is 0. The molecule has 10 heteroatoms. The molecule has 0 radical (unpaired) electrons. The second-order valence-corrected chi connectivity index (χ2v) is 7.03. The number of piperazine rings is 1. The molecule has 1 aliphatic heterocycles. The molecule has 6 nitrogen and oxygen atoms in total. The van der Waals surface area contributed by atoms with E-state index in [0.29, 0.717) is 39.3 Å². The van der Waals surface area contributed by atoms with Crippen LogP contribution in [0.15, 0.2) is 47.7 Å². The SMILES string of the molecule is CCNC(=NCc1ccc(-n2cccn2)cc1)N1CCN(C(C)C(F)(F)F)CC1.I. The van der Waals surface area contributed by atoms with Crippen molar-refractivity contribution in [2.75, 3.05) is 32.7 Å². The molecule has 0 saturated carbocycles. The first-order chi connectivity index (χ1) is 13.9. The van der Waals surface area contributed by atoms with Crippen LogP contribution in [0.1, 0.15) is 19.4 Å². The zero-order valence-electron chi connectivity index (χ0n) is 17.1. The molecule has 1 unspecified atom stereocenters. The third-order valence-corrected chi connectivity index (χ3v) is 5.09. The summed E-state index contributed by atoms with van der Waals surface area (Å²) in [4.78, 5) is 8.20. The molecule has 0 aliphatic carbocycles. The van der Waals surface area contributed by atoms with Gasteiger partial charge < -0.3 is 10.2 Å². The van der Waals surface area contributed by atoms with Crippen LogP contribution >= 0.6 is 24.0 Å². The van der Waals surface area contributed by atoms with Crippen molar-refractivity contribution >= 4 is 29.9 Å². The van der Waals surface area contributed by atoms with E-state index < -0.39 is 12.2 Å². The Kier molecular flexibility index (Phi) is 8.95. The molecular weight excluding hydrogens is 508 g/mol. The zero-order chi connectivity index (χ0) is 20.9. The number of aliphatic imine (C=N–C) groups is 1. The largest absolute Gasteiger partial charge is 0.403 e. The highest BCUT2D eigenvalue weighted by molar-refractivity contribution is 14.0. The van der Waals surface area contributed by atoms with Crippen LogP contribution in [0.25, 0.3) is 5.69 Å². The maximum absolute atomic E-state index is 12.9. The minimum absolute atomic E-state index is 0. The van der Waals surface area contributed by atoms with Gasteiger partial charge in [0.05, 0.1) is 12.2 Å². The van der Waals surface area contributed by atoms with Crippen LogP contribution in [-0.4, -0.2) is 70.5 Å². The predicted molar refractivity (Wildman–Crippen MR) is 122 cm³/mol. The van der Waals surface area contributed by atoms with Crippen molar-refractivity contribution in [1.82, 2.24) is 24.9 Å². The maximum atomic E-state index is 12.9. The van der Waals surface area contributed by atoms with Gasteiger partial charge in [0.15, 0.2) is 5.96 Å². The molecule has 0 bridgehead atoms. The van der Waals surface area contributed by atoms with Gasteiger partial charge in [0.2, 0.25) is 0 Å². The third-order valence-electron chi connectivity index (χ3n) is 5.09. The molecule has 1 aromatic heterocycles. The fraction of sp³-hybridized carbons (Fsp3) is 0.500. The van der Waals surface area contributed by atoms with E-state index in [1.807, 2.05) is 48.4 Å². The summed E-state index contributed by atoms with van der Waals surface area (Å²) in [6.45, 7) is 6.18. The summed E-state index contributed by atoms with van der Waals surface area (Å²) in [5.41, 5.74) is 2.03. The Balaban J connectivity index is 0.00000320. The first kappa shape index (κ1) is 24.4. The number of benzene rings is 1. The normalized spacial score (nSPS) is 16.8. The van der Waals surface area contributed by atoms with E-state index in [0.717, 1.165) is 17.2 Å². The first-order valence-electron chi connectivity index (χ1n) is 9.81. The van der Waals surface area contributed by atoms with Gasteiger partial charge in [-0.3, -0.25) is 4.90 Å². The van der Waals surface area contributed by atoms with Crippen molar-refractivity contribution in [3.05, 3.63) is 48.3 Å². The molecule has 3 rings (SSSR count). The summed E-state index contributed by atoms with van der Waals surface area (Å²) in [5.74, 6) is 0.739. The van der Waals surface area contributed by atoms with Crippen LogP contribution < -0.4 is 5.32 Å². The van der Waals surface area contributed by atoms with Gasteiger partial charge in [-0.2, -0.15) is 18.3 Å². The Morgan fingerprint density at radius 1 is 1.17 bits per heavy atom. The van der Waals surface area contributed by atoms with E-state index in [-0.39, 0.29) is 24.0 Å². The number of halogens is 4. The third kappa shape index (κ3) is 6.34. The standard InChI is InChI=1S/C20H27F3N6.HI/c1-3-24-19(28-13-11-27(12-14-28)16(2)20(21,22)23)25-15-17-5-7-18(8-6-17)29-10-4-9-26-29;/h4-10,16H,3,11-15H2,1-2H3,(H,24,25);1H. The van der Waals surface area contributed by atoms with Crippen molar-refractivity contribution in [3.63, 3.8) is 0 Å². The highest BCUT2D eigenvalue weighted by Crippen LogP contribution is 2.25. The van der Waals surface area contributed by atoms with E-state index >= 15 is 0 Å². The lowest BCUT2D eigenvalue weighted by Gasteiger charge is -2.39. The number of hydrogen-bond acceptors (Lipinski definition) is 3. The summed E-state index contributed by atoms with van der Waals surface area (Å²) in [6.07, 6.45) is -0.574. The topological polar surface area (TPSA) is 48.7 Å². The van der Waals surface area contributed by atoms with Crippen LogP contribution in [-0.2, 0) is 6.54 Å². The molecule has 1 fully saturated rings. The minimum Gasteiger partial charge on any atom is -0.357 e. The lowest BCUT2D eigenvalue weighted by molar-refractivity contribution is -0.181. The molecular formula is C20H28F3IN6. The number of nitrogens with zero attached hydrogens (tertiary/aromatic N) is 5. The summed E-state index contributed by atoms with van der Waals surface area (Å²) in [7, 11) is 0. The number of aromatic nitrogens is 2. The van der Waals surface area contributed by atoms with Gasteiger partial charge >= 0.3 is 6.18 Å². The Hall–Kier alpha value is -1.82. The van der Waals surface area contributed by atoms with Gasteiger partial charge in [-0.15, -0.1) is 24.0 Å². The smallest absolute Gasteiger partial charge is 0.357 e. The Morgan fingerprint density at radius 2 is 1.83 bits per heavy atom. The number of alkyl halides is 3. The van der Waals surface area contributed by atoms with E-state index in [1.165, 1.54) is 11.8 Å². The molecule has 2 heterocycles. The monoisotopic (exact) mass is 536 g/mol. The maximum Gasteiger partial charge on any atom is 0.403 e. The Morgan fingerprint density at radius 3 is 2.37 bits per heavy atom. The van der Waals surface area contributed by atoms with Gasteiger partial charge in [-0.25, -0.2) is 9.67 Å². The lowest BCUT2D eigenvalue weighted by Crippen LogP contribution is -2.56. The number of rotatable bonds is 5. The van der Waals surface area contributed by atoms with E-state index in [1.54, 1.807) is 10.9 Å². The molecule has 1 atom stereocenters. The van der Waals surface area contributed by atoms with Crippen molar-refractivity contribution in [2.24, 2.45) is 4.99 Å². The molecule has 1 saturated heterocycles. The van der Waals surface area contributed by atoms with Gasteiger partial charge in [-0.1, -0.05) is 12.1 Å². The van der Waals surface area contributed by atoms with Gasteiger partial charge in [-0.05, 0) is 37.6 Å². The van der Waals surface area contributed by atoms with Crippen molar-refractivity contribution < 1.29 is 13.2 Å². The number of guanidine groups is 1. The molecule has 1 N–H and O–H groups in total. The lowest BCUT2D eigenvalue weighted by atomic mass is 10.2. The molecule has 2 aromatic rings. The minimum atomic E-state index is -4.19. The fourth-order valence-electron chi connectivity index (χ4n) is 3.30. The average molecular weight is 536 g/mol. The van der Waals surface area contributed by atoms with Crippen LogP contribution in [0.5, 0.6) is 0 Å². The second-order valence-electron chi connectivity index (χ2n) is 7.03. The number of hydrogen-bond donors (Lipinski definition) is 1. The van der Waals surface area contributed by atoms with Crippen molar-refractivity contribution in [3.8, 4) is 5.69 Å². The predicted octanol–water partition coefficient (Wildman–Crippen LogP) is 3.52. The molecule has 166 valence electrons. The van der Waals surface area contributed by atoms with Crippen molar-refractivity contribution in [1.29, 1.82) is 0 Å². The second kappa shape index (κ2) is 11.0. The summed E-state index contributed by atoms with van der Waals surface area (Å²) < 4.78 is 40.6. The Bertz CT molecular complexity index is 784. The van der Waals surface area contributed by atoms with E-state index in [4.69, 9.17) is 0 Å². The van der Waals surface area contributed by atoms with E-state index in [9.17, 15) is 13.2 Å². The highest BCUT2D eigenvalue weighted by atomic mass is 127. The average Bonchev–Trinajstić information content (AvgIpc) is 3.25. The quantitative estimate of drug-likeness (QED) is 0.361. The zero-order valence-corrected chi connectivity index (χ0v) is 19.5. The van der Waals surface area contributed by atoms with Gasteiger partial charge in [0.1, 0.15) is 6.04 Å². The van der Waals surface area contributed by atoms with Gasteiger partial charge in [0, 0.05) is 45.1 Å². The fourth-order valence-corrected chi connectivity index (χ4v) is 3.30. The van der Waals surface area contributed by atoms with Crippen molar-refractivity contribution in [2.45, 2.75) is 32.6 Å². The summed E-state index contributed by atoms with van der Waals surface area (Å²) in [5, 5.41) is 7.46. The molecule has 1 aromatic carbocycles. The summed E-state index contributed by atoms with van der Waals surface area (Å²) in [6, 6.07) is 8.44. The Labute approximate surface area is 192 Å². The molecule has 1 aliphatic rings. The van der Waals surface area contributed by atoms with Crippen LogP contribution in [0.2, 0.25) is 0 Å². The molecule has 0 spiro atoms. The van der Waals surface area contributed by atoms with E-state index in [2.05, 4.69) is 15.4 Å². The van der Waals surface area contributed by atoms with Crippen LogP contribution in [0.4, 0.5) is 13.2 Å². The molecule has 0 amide bonds. The van der Waals surface area contributed by atoms with Gasteiger partial charge in [0.25, 0.3) is 0 Å². The van der Waals surface area contributed by atoms with Crippen LogP contribution in [0, 0.1) is 0 Å².